The van der Waals surface area contributed by atoms with Crippen LogP contribution in [-0.4, -0.2) is 34.7 Å². The number of thiazole rings is 1. The molecule has 2 aliphatic rings. The molecule has 0 N–H and O–H groups in total. The number of aromatic nitrogens is 1. The molecule has 0 bridgehead atoms. The second kappa shape index (κ2) is 6.17. The minimum absolute atomic E-state index is 0.0786. The van der Waals surface area contributed by atoms with E-state index in [1.807, 2.05) is 17.2 Å². The van der Waals surface area contributed by atoms with Gasteiger partial charge < -0.3 is 4.90 Å². The lowest BCUT2D eigenvalue weighted by molar-refractivity contribution is -0.136. The van der Waals surface area contributed by atoms with Gasteiger partial charge in [0.2, 0.25) is 5.91 Å². The summed E-state index contributed by atoms with van der Waals surface area (Å²) < 4.78 is 0. The van der Waals surface area contributed by atoms with E-state index in [1.54, 1.807) is 0 Å². The number of rotatable bonds is 4. The summed E-state index contributed by atoms with van der Waals surface area (Å²) in [4.78, 5) is 31.0. The van der Waals surface area contributed by atoms with Gasteiger partial charge >= 0.3 is 0 Å². The maximum absolute atomic E-state index is 12.7. The van der Waals surface area contributed by atoms with E-state index in [-0.39, 0.29) is 23.5 Å². The summed E-state index contributed by atoms with van der Waals surface area (Å²) in [7, 11) is 0. The standard InChI is InChI=1S/C16H19N3O2S/c1-10-9-22-15(18-10)13(7-17)14(20)12-3-2-6-19(8-12)16(21)11-4-5-11/h9,11-13H,2-6,8H2,1H3/t12-,13-/m1/s1. The predicted molar refractivity (Wildman–Crippen MR) is 82.2 cm³/mol. The summed E-state index contributed by atoms with van der Waals surface area (Å²) in [5.41, 5.74) is 0.835. The van der Waals surface area contributed by atoms with Gasteiger partial charge in [-0.2, -0.15) is 5.26 Å². The molecule has 1 saturated carbocycles. The number of Topliss-reactive ketones (excluding diaryl/α,β-unsaturated/α-hetero) is 1. The number of likely N-dealkylation sites (tertiary alicyclic amines) is 1. The average molecular weight is 317 g/mol. The third kappa shape index (κ3) is 3.05. The zero-order valence-electron chi connectivity index (χ0n) is 12.6. The summed E-state index contributed by atoms with van der Waals surface area (Å²) in [5.74, 6) is -0.728. The van der Waals surface area contributed by atoms with Gasteiger partial charge in [-0.05, 0) is 32.6 Å². The highest BCUT2D eigenvalue weighted by Gasteiger charge is 2.38. The molecular formula is C16H19N3O2S. The van der Waals surface area contributed by atoms with Crippen molar-refractivity contribution in [3.8, 4) is 6.07 Å². The van der Waals surface area contributed by atoms with Gasteiger partial charge in [0.05, 0.1) is 6.07 Å². The number of nitrogens with zero attached hydrogens (tertiary/aromatic N) is 3. The number of carbonyl (C=O) groups excluding carboxylic acids is 2. The fraction of sp³-hybridized carbons (Fsp3) is 0.625. The number of hydrogen-bond acceptors (Lipinski definition) is 5. The van der Waals surface area contributed by atoms with Crippen molar-refractivity contribution in [2.24, 2.45) is 11.8 Å². The molecule has 1 saturated heterocycles. The summed E-state index contributed by atoms with van der Waals surface area (Å²) in [6.07, 6.45) is 3.56. The minimum atomic E-state index is -0.792. The topological polar surface area (TPSA) is 74.1 Å². The largest absolute Gasteiger partial charge is 0.342 e. The molecule has 1 amide bonds. The van der Waals surface area contributed by atoms with E-state index in [4.69, 9.17) is 0 Å². The van der Waals surface area contributed by atoms with Crippen LogP contribution >= 0.6 is 11.3 Å². The van der Waals surface area contributed by atoms with Crippen molar-refractivity contribution in [2.45, 2.75) is 38.5 Å². The van der Waals surface area contributed by atoms with E-state index in [1.165, 1.54) is 11.3 Å². The Morgan fingerprint density at radius 3 is 2.77 bits per heavy atom. The van der Waals surface area contributed by atoms with Crippen LogP contribution in [0.2, 0.25) is 0 Å². The second-order valence-corrected chi connectivity index (χ2v) is 7.08. The zero-order chi connectivity index (χ0) is 15.7. The lowest BCUT2D eigenvalue weighted by atomic mass is 9.87. The first-order valence-corrected chi connectivity index (χ1v) is 8.62. The van der Waals surface area contributed by atoms with Gasteiger partial charge in [0.15, 0.2) is 11.7 Å². The third-order valence-corrected chi connectivity index (χ3v) is 5.39. The Labute approximate surface area is 133 Å². The van der Waals surface area contributed by atoms with Gasteiger partial charge in [0.1, 0.15) is 5.01 Å². The van der Waals surface area contributed by atoms with Gasteiger partial charge in [-0.1, -0.05) is 0 Å². The van der Waals surface area contributed by atoms with Gasteiger partial charge in [-0.15, -0.1) is 11.3 Å². The summed E-state index contributed by atoms with van der Waals surface area (Å²) >= 11 is 1.36. The van der Waals surface area contributed by atoms with Gasteiger partial charge in [-0.25, -0.2) is 4.98 Å². The number of amides is 1. The third-order valence-electron chi connectivity index (χ3n) is 4.36. The monoisotopic (exact) mass is 317 g/mol. The Bertz CT molecular complexity index is 630. The van der Waals surface area contributed by atoms with Crippen molar-refractivity contribution < 1.29 is 9.59 Å². The van der Waals surface area contributed by atoms with Gasteiger partial charge in [-0.3, -0.25) is 9.59 Å². The number of aryl methyl sites for hydroxylation is 1. The predicted octanol–water partition coefficient (Wildman–Crippen LogP) is 2.28. The van der Waals surface area contributed by atoms with Crippen molar-refractivity contribution in [1.82, 2.24) is 9.88 Å². The van der Waals surface area contributed by atoms with Crippen LogP contribution in [0.4, 0.5) is 0 Å². The summed E-state index contributed by atoms with van der Waals surface area (Å²) in [6, 6.07) is 2.10. The van der Waals surface area contributed by atoms with Crippen LogP contribution in [0.3, 0.4) is 0 Å². The van der Waals surface area contributed by atoms with Crippen LogP contribution in [-0.2, 0) is 9.59 Å². The Morgan fingerprint density at radius 1 is 1.41 bits per heavy atom. The molecule has 2 fully saturated rings. The van der Waals surface area contributed by atoms with Gasteiger partial charge in [0.25, 0.3) is 0 Å². The normalized spacial score (nSPS) is 22.9. The minimum Gasteiger partial charge on any atom is -0.342 e. The molecule has 2 heterocycles. The molecule has 1 aromatic heterocycles. The Hall–Kier alpha value is -1.74. The molecule has 2 atom stereocenters. The number of nitriles is 1. The lowest BCUT2D eigenvalue weighted by Crippen LogP contribution is -2.43. The molecule has 1 aliphatic carbocycles. The van der Waals surface area contributed by atoms with E-state index in [9.17, 15) is 14.9 Å². The molecule has 0 radical (unpaired) electrons. The Morgan fingerprint density at radius 2 is 2.18 bits per heavy atom. The molecule has 1 aromatic rings. The molecule has 22 heavy (non-hydrogen) atoms. The summed E-state index contributed by atoms with van der Waals surface area (Å²) in [6.45, 7) is 3.07. The fourth-order valence-electron chi connectivity index (χ4n) is 2.98. The lowest BCUT2D eigenvalue weighted by Gasteiger charge is -2.32. The smallest absolute Gasteiger partial charge is 0.225 e. The van der Waals surface area contributed by atoms with Crippen LogP contribution in [0.25, 0.3) is 0 Å². The van der Waals surface area contributed by atoms with Crippen LogP contribution in [0.5, 0.6) is 0 Å². The first-order chi connectivity index (χ1) is 10.6. The van der Waals surface area contributed by atoms with Crippen molar-refractivity contribution in [3.63, 3.8) is 0 Å². The van der Waals surface area contributed by atoms with Crippen LogP contribution in [0, 0.1) is 30.1 Å². The Kier molecular flexibility index (Phi) is 4.25. The fourth-order valence-corrected chi connectivity index (χ4v) is 3.82. The maximum Gasteiger partial charge on any atom is 0.225 e. The van der Waals surface area contributed by atoms with Crippen molar-refractivity contribution >= 4 is 23.0 Å². The molecule has 0 unspecified atom stereocenters. The highest BCUT2D eigenvalue weighted by Crippen LogP contribution is 2.33. The molecule has 1 aliphatic heterocycles. The first kappa shape index (κ1) is 15.2. The van der Waals surface area contributed by atoms with E-state index in [0.29, 0.717) is 11.6 Å². The molecule has 3 rings (SSSR count). The van der Waals surface area contributed by atoms with E-state index >= 15 is 0 Å². The van der Waals surface area contributed by atoms with E-state index in [2.05, 4.69) is 11.1 Å². The number of carbonyl (C=O) groups is 2. The Balaban J connectivity index is 1.70. The van der Waals surface area contributed by atoms with Crippen molar-refractivity contribution in [2.75, 3.05) is 13.1 Å². The molecule has 5 nitrogen and oxygen atoms in total. The van der Waals surface area contributed by atoms with Crippen LogP contribution in [0.1, 0.15) is 42.3 Å². The maximum atomic E-state index is 12.7. The molecule has 0 aromatic carbocycles. The molecule has 116 valence electrons. The molecule has 6 heteroatoms. The number of ketones is 1. The zero-order valence-corrected chi connectivity index (χ0v) is 13.4. The van der Waals surface area contributed by atoms with E-state index in [0.717, 1.165) is 37.9 Å². The highest BCUT2D eigenvalue weighted by atomic mass is 32.1. The van der Waals surface area contributed by atoms with Crippen molar-refractivity contribution in [3.05, 3.63) is 16.1 Å². The molecular weight excluding hydrogens is 298 g/mol. The van der Waals surface area contributed by atoms with Crippen molar-refractivity contribution in [1.29, 1.82) is 5.26 Å². The van der Waals surface area contributed by atoms with E-state index < -0.39 is 5.92 Å². The summed E-state index contributed by atoms with van der Waals surface area (Å²) in [5, 5.41) is 11.8. The average Bonchev–Trinajstić information content (AvgIpc) is 3.30. The number of piperidine rings is 1. The SMILES string of the molecule is Cc1csc([C@H](C#N)C(=O)[C@@H]2CCCN(C(=O)C3CC3)C2)n1. The van der Waals surface area contributed by atoms with Gasteiger partial charge in [0, 0.05) is 36.0 Å². The van der Waals surface area contributed by atoms with Crippen LogP contribution < -0.4 is 0 Å². The molecule has 0 spiro atoms. The van der Waals surface area contributed by atoms with Crippen LogP contribution in [0.15, 0.2) is 5.38 Å². The quantitative estimate of drug-likeness (QED) is 0.854. The highest BCUT2D eigenvalue weighted by molar-refractivity contribution is 7.09. The second-order valence-electron chi connectivity index (χ2n) is 6.19. The first-order valence-electron chi connectivity index (χ1n) is 7.74. The number of hydrogen-bond donors (Lipinski definition) is 0.